The first kappa shape index (κ1) is 29.5. The van der Waals surface area contributed by atoms with Gasteiger partial charge in [-0.25, -0.2) is 0 Å². The summed E-state index contributed by atoms with van der Waals surface area (Å²) in [6.07, 6.45) is 0.244. The summed E-state index contributed by atoms with van der Waals surface area (Å²) in [5, 5.41) is 48.1. The second-order valence-corrected chi connectivity index (χ2v) is 11.0. The molecule has 218 valence electrons. The molecule has 0 saturated heterocycles. The third-order valence-corrected chi connectivity index (χ3v) is 8.00. The number of hydrogen-bond donors (Lipinski definition) is 6. The topological polar surface area (TPSA) is 192 Å². The van der Waals surface area contributed by atoms with E-state index in [9.17, 15) is 34.8 Å². The number of nitrogens with one attached hydrogen (secondary N) is 1. The molecule has 4 atom stereocenters. The van der Waals surface area contributed by atoms with Crippen molar-refractivity contribution in [3.8, 4) is 11.5 Å². The maximum atomic E-state index is 13.8. The normalized spacial score (nSPS) is 26.2. The lowest BCUT2D eigenvalue weighted by atomic mass is 9.58. The minimum Gasteiger partial charge on any atom is -0.510 e. The van der Waals surface area contributed by atoms with Crippen molar-refractivity contribution in [3.05, 3.63) is 45.4 Å². The number of carbonyl (C=O) groups is 3. The summed E-state index contributed by atoms with van der Waals surface area (Å²) < 4.78 is 11.2. The maximum absolute atomic E-state index is 13.8. The van der Waals surface area contributed by atoms with Gasteiger partial charge in [0, 0.05) is 35.7 Å². The summed E-state index contributed by atoms with van der Waals surface area (Å²) in [4.78, 5) is 40.8. The highest BCUT2D eigenvalue weighted by molar-refractivity contribution is 6.24. The number of fused-ring (bicyclic) bond motifs is 3. The highest BCUT2D eigenvalue weighted by atomic mass is 16.5. The molecule has 0 spiro atoms. The van der Waals surface area contributed by atoms with E-state index in [0.717, 1.165) is 0 Å². The maximum Gasteiger partial charge on any atom is 0.255 e. The Labute approximate surface area is 232 Å². The molecule has 4 rings (SSSR count). The van der Waals surface area contributed by atoms with Gasteiger partial charge in [-0.3, -0.25) is 19.3 Å². The van der Waals surface area contributed by atoms with E-state index >= 15 is 0 Å². The van der Waals surface area contributed by atoms with E-state index in [-0.39, 0.29) is 35.8 Å². The number of likely N-dealkylation sites (N-methyl/N-ethyl adjacent to an activating group) is 1. The van der Waals surface area contributed by atoms with Gasteiger partial charge < -0.3 is 41.0 Å². The van der Waals surface area contributed by atoms with Gasteiger partial charge in [-0.2, -0.15) is 0 Å². The average Bonchev–Trinajstić information content (AvgIpc) is 2.85. The number of aromatic hydroxyl groups is 1. The number of phenols is 1. The van der Waals surface area contributed by atoms with Crippen molar-refractivity contribution in [2.45, 2.75) is 51.0 Å². The Bertz CT molecular complexity index is 1320. The molecule has 3 aliphatic rings. The Balaban J connectivity index is 1.79. The van der Waals surface area contributed by atoms with Crippen molar-refractivity contribution in [1.82, 2.24) is 10.2 Å². The summed E-state index contributed by atoms with van der Waals surface area (Å²) in [5.74, 6) is -6.51. The lowest BCUT2D eigenvalue weighted by Gasteiger charge is -2.50. The zero-order valence-corrected chi connectivity index (χ0v) is 23.3. The molecule has 3 aliphatic carbocycles. The standard InChI is InChI=1S/C28H37N3O9/c1-12(2)40-7-6-30-11-14-10-17(32)19-15(24(14)39-5)8-13-9-16-21(31(3)4)23(34)20(27(29)37)26(36)28(16,38)25(35)18(13)22(19)33/h10,12-13,16,21,30,32,34-35,38H,6-9,11H2,1-5H3,(H2,29,37)/t13-,16-,21-,28-/m0/s1. The molecular weight excluding hydrogens is 522 g/mol. The number of ether oxygens (including phenoxy) is 2. The van der Waals surface area contributed by atoms with Crippen LogP contribution in [0, 0.1) is 11.8 Å². The van der Waals surface area contributed by atoms with E-state index in [1.807, 2.05) is 13.8 Å². The average molecular weight is 560 g/mol. The van der Waals surface area contributed by atoms with Gasteiger partial charge in [-0.05, 0) is 52.8 Å². The molecule has 1 amide bonds. The minimum absolute atomic E-state index is 0.00466. The van der Waals surface area contributed by atoms with Crippen molar-refractivity contribution in [3.63, 3.8) is 0 Å². The molecule has 0 bridgehead atoms. The lowest BCUT2D eigenvalue weighted by molar-refractivity contribution is -0.148. The quantitative estimate of drug-likeness (QED) is 0.184. The number of nitrogens with two attached hydrogens (primary N) is 1. The van der Waals surface area contributed by atoms with Crippen LogP contribution >= 0.6 is 0 Å². The monoisotopic (exact) mass is 559 g/mol. The van der Waals surface area contributed by atoms with Gasteiger partial charge in [0.25, 0.3) is 5.91 Å². The molecule has 0 heterocycles. The number of phenolic OH excluding ortho intramolecular Hbond substituents is 1. The van der Waals surface area contributed by atoms with Gasteiger partial charge in [-0.1, -0.05) is 0 Å². The van der Waals surface area contributed by atoms with E-state index in [2.05, 4.69) is 5.32 Å². The fourth-order valence-electron chi connectivity index (χ4n) is 6.34. The molecule has 1 aromatic carbocycles. The minimum atomic E-state index is -2.67. The Morgan fingerprint density at radius 1 is 1.25 bits per heavy atom. The Morgan fingerprint density at radius 2 is 1.93 bits per heavy atom. The van der Waals surface area contributed by atoms with Crippen LogP contribution in [0.5, 0.6) is 11.5 Å². The number of primary amides is 1. The smallest absolute Gasteiger partial charge is 0.255 e. The highest BCUT2D eigenvalue weighted by Crippen LogP contribution is 2.53. The molecule has 0 fully saturated rings. The molecule has 0 unspecified atom stereocenters. The van der Waals surface area contributed by atoms with Crippen LogP contribution in [0.3, 0.4) is 0 Å². The number of methoxy groups -OCH3 is 1. The number of amides is 1. The van der Waals surface area contributed by atoms with Crippen molar-refractivity contribution < 1.29 is 44.3 Å². The van der Waals surface area contributed by atoms with Crippen LogP contribution < -0.4 is 15.8 Å². The zero-order chi connectivity index (χ0) is 29.7. The number of nitrogens with zero attached hydrogens (tertiary/aromatic N) is 1. The van der Waals surface area contributed by atoms with Gasteiger partial charge in [0.1, 0.15) is 28.6 Å². The van der Waals surface area contributed by atoms with Crippen LogP contribution in [0.25, 0.3) is 0 Å². The summed E-state index contributed by atoms with van der Waals surface area (Å²) >= 11 is 0. The third kappa shape index (κ3) is 4.54. The van der Waals surface area contributed by atoms with Crippen molar-refractivity contribution in [2.24, 2.45) is 17.6 Å². The molecule has 0 aromatic heterocycles. The fourth-order valence-corrected chi connectivity index (χ4v) is 6.34. The summed E-state index contributed by atoms with van der Waals surface area (Å²) in [6, 6.07) is 0.355. The largest absolute Gasteiger partial charge is 0.510 e. The molecule has 0 aliphatic heterocycles. The van der Waals surface area contributed by atoms with Gasteiger partial charge >= 0.3 is 0 Å². The van der Waals surface area contributed by atoms with E-state index < -0.39 is 58.0 Å². The van der Waals surface area contributed by atoms with Crippen LogP contribution in [-0.4, -0.2) is 94.9 Å². The number of aliphatic hydroxyl groups is 3. The first-order valence-electron chi connectivity index (χ1n) is 13.2. The lowest BCUT2D eigenvalue weighted by Crippen LogP contribution is -2.63. The molecule has 40 heavy (non-hydrogen) atoms. The van der Waals surface area contributed by atoms with E-state index in [1.165, 1.54) is 18.1 Å². The second kappa shape index (κ2) is 10.8. The molecule has 0 saturated carbocycles. The second-order valence-electron chi connectivity index (χ2n) is 11.0. The molecule has 12 heteroatoms. The Morgan fingerprint density at radius 3 is 2.50 bits per heavy atom. The molecule has 1 aromatic rings. The van der Waals surface area contributed by atoms with Crippen LogP contribution in [0.15, 0.2) is 28.7 Å². The highest BCUT2D eigenvalue weighted by Gasteiger charge is 2.63. The van der Waals surface area contributed by atoms with Gasteiger partial charge in [0.15, 0.2) is 11.4 Å². The van der Waals surface area contributed by atoms with E-state index in [4.69, 9.17) is 15.2 Å². The number of hydrogen-bond acceptors (Lipinski definition) is 11. The summed E-state index contributed by atoms with van der Waals surface area (Å²) in [7, 11) is 4.63. The Hall–Kier alpha value is -3.45. The van der Waals surface area contributed by atoms with E-state index in [0.29, 0.717) is 36.6 Å². The van der Waals surface area contributed by atoms with Crippen molar-refractivity contribution >= 4 is 17.5 Å². The fraction of sp³-hybridized carbons (Fsp3) is 0.536. The number of Topliss-reactive ketones (excluding diaryl/α,β-unsaturated/α-hetero) is 2. The van der Waals surface area contributed by atoms with Gasteiger partial charge in [0.2, 0.25) is 5.78 Å². The van der Waals surface area contributed by atoms with Crippen molar-refractivity contribution in [1.29, 1.82) is 0 Å². The van der Waals surface area contributed by atoms with Crippen LogP contribution in [0.2, 0.25) is 0 Å². The van der Waals surface area contributed by atoms with Gasteiger partial charge in [-0.15, -0.1) is 0 Å². The van der Waals surface area contributed by atoms with Crippen LogP contribution in [0.1, 0.15) is 41.8 Å². The third-order valence-electron chi connectivity index (χ3n) is 8.00. The van der Waals surface area contributed by atoms with Crippen LogP contribution in [-0.2, 0) is 27.3 Å². The Kier molecular flexibility index (Phi) is 8.01. The first-order chi connectivity index (χ1) is 18.8. The zero-order valence-electron chi connectivity index (χ0n) is 23.3. The number of allylic oxidation sites excluding steroid dienone is 1. The predicted octanol–water partition coefficient (Wildman–Crippen LogP) is 0.644. The number of carbonyl (C=O) groups excluding carboxylic acids is 3. The van der Waals surface area contributed by atoms with E-state index in [1.54, 1.807) is 14.1 Å². The molecule has 12 nitrogen and oxygen atoms in total. The van der Waals surface area contributed by atoms with Crippen LogP contribution in [0.4, 0.5) is 0 Å². The summed E-state index contributed by atoms with van der Waals surface area (Å²) in [6.45, 7) is 5.23. The van der Waals surface area contributed by atoms with Gasteiger partial charge in [0.05, 0.1) is 31.4 Å². The number of benzene rings is 1. The summed E-state index contributed by atoms with van der Waals surface area (Å²) in [5.41, 5.74) is 2.60. The molecular formula is C28H37N3O9. The SMILES string of the molecule is COc1c(CNCCOC(C)C)cc(O)c2c1C[C@H]1C[C@H]3[C@H](N(C)C)C(O)=C(C(N)=O)C(=O)[C@@]3(O)C(O)=C1C2=O. The number of rotatable bonds is 9. The first-order valence-corrected chi connectivity index (χ1v) is 13.2. The number of aliphatic hydroxyl groups excluding tert-OH is 2. The van der Waals surface area contributed by atoms with Crippen molar-refractivity contribution in [2.75, 3.05) is 34.4 Å². The molecule has 0 radical (unpaired) electrons. The molecule has 7 N–H and O–H groups in total. The number of ketones is 2. The predicted molar refractivity (Wildman–Crippen MR) is 143 cm³/mol.